The number of ether oxygens (including phenoxy) is 1. The van der Waals surface area contributed by atoms with Gasteiger partial charge in [-0.15, -0.1) is 11.6 Å². The summed E-state index contributed by atoms with van der Waals surface area (Å²) >= 11 is 5.89. The molecule has 0 amide bonds. The number of benzene rings is 1. The predicted molar refractivity (Wildman–Crippen MR) is 81.9 cm³/mol. The number of allylic oxidation sites excluding steroid dienone is 1. The zero-order chi connectivity index (χ0) is 14.8. The van der Waals surface area contributed by atoms with Crippen LogP contribution in [-0.2, 0) is 12.3 Å². The van der Waals surface area contributed by atoms with Gasteiger partial charge in [0.1, 0.15) is 11.4 Å². The summed E-state index contributed by atoms with van der Waals surface area (Å²) in [5.41, 5.74) is 4.36. The van der Waals surface area contributed by atoms with Gasteiger partial charge in [0, 0.05) is 18.5 Å². The van der Waals surface area contributed by atoms with Crippen molar-refractivity contribution in [1.82, 2.24) is 4.98 Å². The molecule has 2 aromatic rings. The van der Waals surface area contributed by atoms with E-state index in [1.54, 1.807) is 13.1 Å². The van der Waals surface area contributed by atoms with E-state index in [4.69, 9.17) is 16.3 Å². The summed E-state index contributed by atoms with van der Waals surface area (Å²) < 4.78 is 6.01. The molecule has 3 rings (SSSR count). The number of pyridine rings is 1. The molecule has 1 aliphatic heterocycles. The highest BCUT2D eigenvalue weighted by Gasteiger charge is 2.21. The second-order valence-corrected chi connectivity index (χ2v) is 5.20. The second kappa shape index (κ2) is 5.59. The smallest absolute Gasteiger partial charge is 0.166 e. The number of halogens is 1. The van der Waals surface area contributed by atoms with Gasteiger partial charge < -0.3 is 4.74 Å². The fraction of sp³-hybridized carbons (Fsp3) is 0.176. The monoisotopic (exact) mass is 296 g/mol. The van der Waals surface area contributed by atoms with Crippen LogP contribution in [0, 0.1) is 11.3 Å². The third-order valence-corrected chi connectivity index (χ3v) is 3.80. The topological polar surface area (TPSA) is 45.9 Å². The van der Waals surface area contributed by atoms with Gasteiger partial charge in [-0.3, -0.25) is 4.98 Å². The Labute approximate surface area is 128 Å². The summed E-state index contributed by atoms with van der Waals surface area (Å²) in [7, 11) is 0. The van der Waals surface area contributed by atoms with E-state index in [1.165, 1.54) is 0 Å². The lowest BCUT2D eigenvalue weighted by molar-refractivity contribution is 0.507. The van der Waals surface area contributed by atoms with Crippen LogP contribution in [0.1, 0.15) is 29.3 Å². The van der Waals surface area contributed by atoms with Crippen LogP contribution in [0.5, 0.6) is 5.75 Å². The van der Waals surface area contributed by atoms with Crippen LogP contribution in [0.2, 0.25) is 0 Å². The summed E-state index contributed by atoms with van der Waals surface area (Å²) in [6.45, 7) is 1.74. The van der Waals surface area contributed by atoms with Crippen LogP contribution >= 0.6 is 11.6 Å². The fourth-order valence-electron chi connectivity index (χ4n) is 2.38. The van der Waals surface area contributed by atoms with Crippen molar-refractivity contribution in [2.45, 2.75) is 19.2 Å². The molecule has 1 aromatic heterocycles. The molecule has 0 aliphatic carbocycles. The molecule has 4 heteroatoms. The molecular weight excluding hydrogens is 284 g/mol. The Morgan fingerprint density at radius 3 is 3.00 bits per heavy atom. The first-order chi connectivity index (χ1) is 10.2. The molecule has 0 unspecified atom stereocenters. The Morgan fingerprint density at radius 1 is 1.38 bits per heavy atom. The lowest BCUT2D eigenvalue weighted by atomic mass is 10.0. The SMILES string of the molecule is CC(C#N)=C1Oc2cc(CCl)ccc2Cc2cccnc21. The van der Waals surface area contributed by atoms with Gasteiger partial charge in [-0.05, 0) is 35.7 Å². The minimum absolute atomic E-state index is 0.429. The molecule has 0 atom stereocenters. The summed E-state index contributed by atoms with van der Waals surface area (Å²) in [6.07, 6.45) is 2.44. The predicted octanol–water partition coefficient (Wildman–Crippen LogP) is 4.06. The van der Waals surface area contributed by atoms with Crippen LogP contribution in [0.4, 0.5) is 0 Å². The van der Waals surface area contributed by atoms with Crippen LogP contribution in [0.15, 0.2) is 42.1 Å². The van der Waals surface area contributed by atoms with Crippen molar-refractivity contribution in [3.8, 4) is 11.8 Å². The molecule has 0 N–H and O–H groups in total. The van der Waals surface area contributed by atoms with Crippen molar-refractivity contribution in [2.24, 2.45) is 0 Å². The summed E-state index contributed by atoms with van der Waals surface area (Å²) in [5, 5.41) is 9.22. The summed E-state index contributed by atoms with van der Waals surface area (Å²) in [6, 6.07) is 12.0. The van der Waals surface area contributed by atoms with Crippen molar-refractivity contribution in [3.05, 3.63) is 64.5 Å². The van der Waals surface area contributed by atoms with Gasteiger partial charge >= 0.3 is 0 Å². The van der Waals surface area contributed by atoms with Crippen molar-refractivity contribution in [1.29, 1.82) is 5.26 Å². The van der Waals surface area contributed by atoms with Crippen LogP contribution in [0.3, 0.4) is 0 Å². The quantitative estimate of drug-likeness (QED) is 0.589. The van der Waals surface area contributed by atoms with Crippen LogP contribution in [-0.4, -0.2) is 4.98 Å². The third-order valence-electron chi connectivity index (χ3n) is 3.49. The van der Waals surface area contributed by atoms with Crippen molar-refractivity contribution < 1.29 is 4.74 Å². The number of fused-ring (bicyclic) bond motifs is 2. The number of rotatable bonds is 1. The van der Waals surface area contributed by atoms with Crippen molar-refractivity contribution >= 4 is 17.4 Å². The highest BCUT2D eigenvalue weighted by molar-refractivity contribution is 6.17. The van der Waals surface area contributed by atoms with E-state index in [9.17, 15) is 5.26 Å². The molecule has 0 radical (unpaired) electrons. The average molecular weight is 297 g/mol. The molecule has 0 saturated carbocycles. The lowest BCUT2D eigenvalue weighted by Crippen LogP contribution is -2.01. The van der Waals surface area contributed by atoms with Gasteiger partial charge in [-0.1, -0.05) is 18.2 Å². The minimum Gasteiger partial charge on any atom is -0.454 e. The van der Waals surface area contributed by atoms with Crippen molar-refractivity contribution in [2.75, 3.05) is 0 Å². The molecular formula is C17H13ClN2O. The Kier molecular flexibility index (Phi) is 3.64. The molecule has 1 aliphatic rings. The molecule has 104 valence electrons. The number of nitrogens with zero attached hydrogens (tertiary/aromatic N) is 2. The first-order valence-electron chi connectivity index (χ1n) is 6.63. The maximum Gasteiger partial charge on any atom is 0.166 e. The molecule has 21 heavy (non-hydrogen) atoms. The second-order valence-electron chi connectivity index (χ2n) is 4.93. The Morgan fingerprint density at radius 2 is 2.24 bits per heavy atom. The number of alkyl halides is 1. The van der Waals surface area contributed by atoms with E-state index in [0.29, 0.717) is 17.2 Å². The maximum atomic E-state index is 9.22. The fourth-order valence-corrected chi connectivity index (χ4v) is 2.54. The largest absolute Gasteiger partial charge is 0.454 e. The van der Waals surface area contributed by atoms with E-state index < -0.39 is 0 Å². The third kappa shape index (κ3) is 2.51. The van der Waals surface area contributed by atoms with E-state index in [-0.39, 0.29) is 0 Å². The standard InChI is InChI=1S/C17H13ClN2O/c1-11(10-19)17-16-14(3-2-6-20-16)8-13-5-4-12(9-18)7-15(13)21-17/h2-7H,8-9H2,1H3. The number of nitriles is 1. The number of hydrogen-bond acceptors (Lipinski definition) is 3. The van der Waals surface area contributed by atoms with Gasteiger partial charge in [0.05, 0.1) is 11.6 Å². The highest BCUT2D eigenvalue weighted by atomic mass is 35.5. The molecule has 1 aromatic carbocycles. The molecule has 3 nitrogen and oxygen atoms in total. The number of hydrogen-bond donors (Lipinski definition) is 0. The van der Waals surface area contributed by atoms with Gasteiger partial charge in [-0.25, -0.2) is 0 Å². The Bertz CT molecular complexity index is 775. The molecule has 0 fully saturated rings. The minimum atomic E-state index is 0.429. The van der Waals surface area contributed by atoms with Gasteiger partial charge in [0.25, 0.3) is 0 Å². The highest BCUT2D eigenvalue weighted by Crippen LogP contribution is 2.34. The first-order valence-corrected chi connectivity index (χ1v) is 7.17. The molecule has 0 spiro atoms. The van der Waals surface area contributed by atoms with E-state index in [2.05, 4.69) is 11.1 Å². The van der Waals surface area contributed by atoms with E-state index in [1.807, 2.05) is 30.3 Å². The molecule has 2 heterocycles. The average Bonchev–Trinajstić information content (AvgIpc) is 2.69. The Hall–Kier alpha value is -2.31. The summed E-state index contributed by atoms with van der Waals surface area (Å²) in [5.74, 6) is 1.70. The molecule has 0 bridgehead atoms. The zero-order valence-electron chi connectivity index (χ0n) is 11.6. The van der Waals surface area contributed by atoms with Crippen molar-refractivity contribution in [3.63, 3.8) is 0 Å². The maximum absolute atomic E-state index is 9.22. The normalized spacial score (nSPS) is 15.1. The van der Waals surface area contributed by atoms with Crippen LogP contribution < -0.4 is 4.74 Å². The van der Waals surface area contributed by atoms with Gasteiger partial charge in [-0.2, -0.15) is 5.26 Å². The Balaban J connectivity index is 2.22. The molecule has 0 saturated heterocycles. The number of aromatic nitrogens is 1. The van der Waals surface area contributed by atoms with E-state index >= 15 is 0 Å². The van der Waals surface area contributed by atoms with Crippen LogP contribution in [0.25, 0.3) is 5.76 Å². The summed E-state index contributed by atoms with van der Waals surface area (Å²) in [4.78, 5) is 4.40. The van der Waals surface area contributed by atoms with Gasteiger partial charge in [0.2, 0.25) is 0 Å². The van der Waals surface area contributed by atoms with Gasteiger partial charge in [0.15, 0.2) is 5.76 Å². The zero-order valence-corrected chi connectivity index (χ0v) is 12.3. The lowest BCUT2D eigenvalue weighted by Gasteiger charge is -2.11. The first kappa shape index (κ1) is 13.7. The van der Waals surface area contributed by atoms with E-state index in [0.717, 1.165) is 34.6 Å².